The Bertz CT molecular complexity index is 396. The fourth-order valence-electron chi connectivity index (χ4n) is 3.18. The van der Waals surface area contributed by atoms with Crippen molar-refractivity contribution in [1.82, 2.24) is 19.7 Å². The van der Waals surface area contributed by atoms with Gasteiger partial charge in [-0.05, 0) is 38.1 Å². The molecule has 1 saturated carbocycles. The fraction of sp³-hybridized carbons (Fsp3) is 0.846. The van der Waals surface area contributed by atoms with Crippen molar-refractivity contribution in [2.45, 2.75) is 38.0 Å². The van der Waals surface area contributed by atoms with Crippen LogP contribution in [-0.4, -0.2) is 39.3 Å². The van der Waals surface area contributed by atoms with Crippen LogP contribution in [0.4, 0.5) is 0 Å². The highest BCUT2D eigenvalue weighted by molar-refractivity contribution is 5.09. The van der Waals surface area contributed by atoms with Gasteiger partial charge in [0.15, 0.2) is 0 Å². The average molecular weight is 234 g/mol. The third-order valence-electron chi connectivity index (χ3n) is 4.24. The van der Waals surface area contributed by atoms with Gasteiger partial charge in [-0.25, -0.2) is 0 Å². The summed E-state index contributed by atoms with van der Waals surface area (Å²) in [6.07, 6.45) is 7.23. The van der Waals surface area contributed by atoms with Gasteiger partial charge in [0.1, 0.15) is 12.2 Å². The van der Waals surface area contributed by atoms with Crippen molar-refractivity contribution in [3.63, 3.8) is 0 Å². The molecule has 94 valence electrons. The van der Waals surface area contributed by atoms with Crippen LogP contribution in [0.1, 0.15) is 38.4 Å². The highest BCUT2D eigenvalue weighted by atomic mass is 15.3. The minimum atomic E-state index is 0.193. The maximum absolute atomic E-state index is 4.33. The van der Waals surface area contributed by atoms with E-state index in [0.717, 1.165) is 18.3 Å². The summed E-state index contributed by atoms with van der Waals surface area (Å²) in [6.45, 7) is 6.06. The summed E-state index contributed by atoms with van der Waals surface area (Å²) in [6, 6.07) is 0. The lowest BCUT2D eigenvalue weighted by atomic mass is 9.81. The molecule has 0 aromatic carbocycles. The molecule has 2 fully saturated rings. The summed E-state index contributed by atoms with van der Waals surface area (Å²) >= 11 is 0. The molecule has 2 aliphatic rings. The van der Waals surface area contributed by atoms with Gasteiger partial charge in [0.05, 0.1) is 0 Å². The summed E-state index contributed by atoms with van der Waals surface area (Å²) < 4.78 is 2.08. The molecule has 4 nitrogen and oxygen atoms in total. The second kappa shape index (κ2) is 4.09. The van der Waals surface area contributed by atoms with E-state index in [2.05, 4.69) is 33.6 Å². The van der Waals surface area contributed by atoms with Crippen molar-refractivity contribution in [1.29, 1.82) is 0 Å². The Morgan fingerprint density at radius 2 is 2.29 bits per heavy atom. The Balaban J connectivity index is 1.74. The van der Waals surface area contributed by atoms with Gasteiger partial charge >= 0.3 is 0 Å². The van der Waals surface area contributed by atoms with E-state index in [1.165, 1.54) is 38.8 Å². The fourth-order valence-corrected chi connectivity index (χ4v) is 3.18. The van der Waals surface area contributed by atoms with Crippen LogP contribution in [0.2, 0.25) is 0 Å². The second-order valence-electron chi connectivity index (χ2n) is 6.11. The molecule has 0 amide bonds. The summed E-state index contributed by atoms with van der Waals surface area (Å²) in [7, 11) is 2.06. The topological polar surface area (TPSA) is 34.0 Å². The first kappa shape index (κ1) is 11.2. The lowest BCUT2D eigenvalue weighted by Crippen LogP contribution is -2.46. The highest BCUT2D eigenvalue weighted by Gasteiger charge is 2.37. The maximum Gasteiger partial charge on any atom is 0.139 e. The van der Waals surface area contributed by atoms with Crippen LogP contribution in [0.5, 0.6) is 0 Å². The van der Waals surface area contributed by atoms with Crippen molar-refractivity contribution < 1.29 is 0 Å². The summed E-state index contributed by atoms with van der Waals surface area (Å²) in [4.78, 5) is 2.63. The van der Waals surface area contributed by atoms with Crippen LogP contribution in [0.25, 0.3) is 0 Å². The van der Waals surface area contributed by atoms with Gasteiger partial charge in [-0.3, -0.25) is 0 Å². The van der Waals surface area contributed by atoms with Crippen molar-refractivity contribution in [3.8, 4) is 0 Å². The normalized spacial score (nSPS) is 30.7. The van der Waals surface area contributed by atoms with Crippen molar-refractivity contribution in [2.75, 3.05) is 19.6 Å². The molecule has 0 radical (unpaired) electrons. The molecular weight excluding hydrogens is 212 g/mol. The molecule has 1 aliphatic carbocycles. The minimum Gasteiger partial charge on any atom is -0.320 e. The third kappa shape index (κ3) is 2.23. The van der Waals surface area contributed by atoms with E-state index in [-0.39, 0.29) is 5.41 Å². The average Bonchev–Trinajstić information content (AvgIpc) is 2.97. The Kier molecular flexibility index (Phi) is 2.69. The van der Waals surface area contributed by atoms with Crippen molar-refractivity contribution in [2.24, 2.45) is 13.0 Å². The zero-order valence-electron chi connectivity index (χ0n) is 10.9. The van der Waals surface area contributed by atoms with Gasteiger partial charge in [0.2, 0.25) is 0 Å². The lowest BCUT2D eigenvalue weighted by Gasteiger charge is -2.39. The lowest BCUT2D eigenvalue weighted by molar-refractivity contribution is 0.143. The van der Waals surface area contributed by atoms with Gasteiger partial charge in [0, 0.05) is 25.6 Å². The van der Waals surface area contributed by atoms with E-state index in [9.17, 15) is 0 Å². The minimum absolute atomic E-state index is 0.193. The maximum atomic E-state index is 4.33. The summed E-state index contributed by atoms with van der Waals surface area (Å²) in [5.74, 6) is 2.13. The van der Waals surface area contributed by atoms with Crippen LogP contribution < -0.4 is 0 Å². The standard InChI is InChI=1S/C13H22N4/c1-13(12-15-14-10-16(12)2)6-3-7-17(9-13)8-11-4-5-11/h10-11H,3-9H2,1-2H3/t13-/m1/s1. The van der Waals surface area contributed by atoms with Crippen LogP contribution in [0.15, 0.2) is 6.33 Å². The molecular formula is C13H22N4. The number of likely N-dealkylation sites (tertiary alicyclic amines) is 1. The first-order valence-electron chi connectivity index (χ1n) is 6.74. The van der Waals surface area contributed by atoms with Gasteiger partial charge in [-0.1, -0.05) is 6.92 Å². The second-order valence-corrected chi connectivity index (χ2v) is 6.11. The Morgan fingerprint density at radius 3 is 2.94 bits per heavy atom. The largest absolute Gasteiger partial charge is 0.320 e. The first-order valence-corrected chi connectivity index (χ1v) is 6.74. The molecule has 1 aliphatic heterocycles. The molecule has 4 heteroatoms. The van der Waals surface area contributed by atoms with E-state index >= 15 is 0 Å². The number of nitrogens with zero attached hydrogens (tertiary/aromatic N) is 4. The van der Waals surface area contributed by atoms with E-state index in [1.807, 2.05) is 6.33 Å². The van der Waals surface area contributed by atoms with Crippen molar-refractivity contribution >= 4 is 0 Å². The zero-order chi connectivity index (χ0) is 11.9. The molecule has 1 aromatic rings. The molecule has 0 spiro atoms. The Morgan fingerprint density at radius 1 is 1.47 bits per heavy atom. The summed E-state index contributed by atoms with van der Waals surface area (Å²) in [5, 5.41) is 8.36. The van der Waals surface area contributed by atoms with E-state index in [0.29, 0.717) is 0 Å². The Hall–Kier alpha value is -0.900. The van der Waals surface area contributed by atoms with Crippen molar-refractivity contribution in [3.05, 3.63) is 12.2 Å². The van der Waals surface area contributed by atoms with Crippen LogP contribution in [0.3, 0.4) is 0 Å². The number of aryl methyl sites for hydroxylation is 1. The summed E-state index contributed by atoms with van der Waals surface area (Å²) in [5.41, 5.74) is 0.193. The van der Waals surface area contributed by atoms with Gasteiger partial charge in [-0.2, -0.15) is 0 Å². The number of hydrogen-bond acceptors (Lipinski definition) is 3. The molecule has 1 aromatic heterocycles. The molecule has 1 atom stereocenters. The number of hydrogen-bond donors (Lipinski definition) is 0. The molecule has 1 saturated heterocycles. The molecule has 17 heavy (non-hydrogen) atoms. The van der Waals surface area contributed by atoms with Crippen LogP contribution in [0, 0.1) is 5.92 Å². The smallest absolute Gasteiger partial charge is 0.139 e. The third-order valence-corrected chi connectivity index (χ3v) is 4.24. The highest BCUT2D eigenvalue weighted by Crippen LogP contribution is 2.35. The first-order chi connectivity index (χ1) is 8.17. The van der Waals surface area contributed by atoms with Gasteiger partial charge < -0.3 is 9.47 Å². The predicted molar refractivity (Wildman–Crippen MR) is 66.8 cm³/mol. The van der Waals surface area contributed by atoms with Crippen LogP contribution in [-0.2, 0) is 12.5 Å². The van der Waals surface area contributed by atoms with E-state index < -0.39 is 0 Å². The molecule has 0 unspecified atom stereocenters. The van der Waals surface area contributed by atoms with E-state index in [4.69, 9.17) is 0 Å². The quantitative estimate of drug-likeness (QED) is 0.796. The zero-order valence-corrected chi connectivity index (χ0v) is 10.9. The number of rotatable bonds is 3. The monoisotopic (exact) mass is 234 g/mol. The predicted octanol–water partition coefficient (Wildman–Crippen LogP) is 1.58. The number of piperidine rings is 1. The Labute approximate surface area is 103 Å². The van der Waals surface area contributed by atoms with Gasteiger partial charge in [-0.15, -0.1) is 10.2 Å². The van der Waals surface area contributed by atoms with Crippen LogP contribution >= 0.6 is 0 Å². The molecule has 0 bridgehead atoms. The van der Waals surface area contributed by atoms with Gasteiger partial charge in [0.25, 0.3) is 0 Å². The molecule has 0 N–H and O–H groups in total. The number of aromatic nitrogens is 3. The molecule has 3 rings (SSSR count). The molecule has 2 heterocycles. The van der Waals surface area contributed by atoms with E-state index in [1.54, 1.807) is 0 Å². The SMILES string of the molecule is Cn1cnnc1[C@]1(C)CCCN(CC2CC2)C1.